The van der Waals surface area contributed by atoms with E-state index in [0.29, 0.717) is 44.7 Å². The van der Waals surface area contributed by atoms with Crippen molar-refractivity contribution >= 4 is 11.9 Å². The monoisotopic (exact) mass is 289 g/mol. The molecule has 21 heavy (non-hydrogen) atoms. The maximum Gasteiger partial charge on any atom is 0.306 e. The highest BCUT2D eigenvalue weighted by Crippen LogP contribution is 2.22. The zero-order chi connectivity index (χ0) is 14.8. The standard InChI is InChI=1S/C16H19NO4/c18-15(17-6-3-11(4-7-17)16(19)20)13-1-2-14-10-21-8-5-12(14)9-13/h1-2,9,11H,3-8,10H2,(H,19,20). The average Bonchev–Trinajstić information content (AvgIpc) is 2.54. The first-order valence-corrected chi connectivity index (χ1v) is 7.37. The molecule has 5 nitrogen and oxygen atoms in total. The third kappa shape index (κ3) is 2.93. The van der Waals surface area contributed by atoms with Crippen LogP contribution in [0.1, 0.15) is 34.3 Å². The zero-order valence-electron chi connectivity index (χ0n) is 11.9. The predicted octanol–water partition coefficient (Wildman–Crippen LogP) is 1.70. The lowest BCUT2D eigenvalue weighted by atomic mass is 9.95. The Morgan fingerprint density at radius 3 is 2.67 bits per heavy atom. The molecule has 0 radical (unpaired) electrons. The quantitative estimate of drug-likeness (QED) is 0.900. The summed E-state index contributed by atoms with van der Waals surface area (Å²) in [4.78, 5) is 25.2. The minimum atomic E-state index is -0.754. The normalized spacial score (nSPS) is 19.1. The Balaban J connectivity index is 1.70. The summed E-state index contributed by atoms with van der Waals surface area (Å²) >= 11 is 0. The van der Waals surface area contributed by atoms with Crippen molar-refractivity contribution in [2.24, 2.45) is 5.92 Å². The van der Waals surface area contributed by atoms with Gasteiger partial charge in [0.15, 0.2) is 0 Å². The minimum Gasteiger partial charge on any atom is -0.481 e. The molecule has 5 heteroatoms. The van der Waals surface area contributed by atoms with Crippen LogP contribution in [-0.4, -0.2) is 41.6 Å². The van der Waals surface area contributed by atoms with Gasteiger partial charge in [0.1, 0.15) is 0 Å². The van der Waals surface area contributed by atoms with Gasteiger partial charge in [-0.25, -0.2) is 0 Å². The van der Waals surface area contributed by atoms with Gasteiger partial charge in [-0.2, -0.15) is 0 Å². The van der Waals surface area contributed by atoms with Crippen molar-refractivity contribution in [1.29, 1.82) is 0 Å². The summed E-state index contributed by atoms with van der Waals surface area (Å²) in [6.45, 7) is 2.37. The number of carbonyl (C=O) groups is 2. The van der Waals surface area contributed by atoms with Crippen molar-refractivity contribution in [2.45, 2.75) is 25.9 Å². The Kier molecular flexibility index (Phi) is 3.92. The number of ether oxygens (including phenoxy) is 1. The molecule has 1 fully saturated rings. The van der Waals surface area contributed by atoms with E-state index in [0.717, 1.165) is 12.0 Å². The van der Waals surface area contributed by atoms with Crippen molar-refractivity contribution in [2.75, 3.05) is 19.7 Å². The molecular weight excluding hydrogens is 270 g/mol. The van der Waals surface area contributed by atoms with Gasteiger partial charge >= 0.3 is 5.97 Å². The van der Waals surface area contributed by atoms with Crippen LogP contribution in [0.3, 0.4) is 0 Å². The number of benzene rings is 1. The first-order chi connectivity index (χ1) is 10.1. The van der Waals surface area contributed by atoms with Gasteiger partial charge in [-0.1, -0.05) is 6.07 Å². The molecule has 0 atom stereocenters. The van der Waals surface area contributed by atoms with E-state index >= 15 is 0 Å². The molecule has 2 heterocycles. The lowest BCUT2D eigenvalue weighted by Crippen LogP contribution is -2.40. The van der Waals surface area contributed by atoms with E-state index in [9.17, 15) is 9.59 Å². The molecule has 2 aliphatic heterocycles. The van der Waals surface area contributed by atoms with Crippen LogP contribution in [0.5, 0.6) is 0 Å². The van der Waals surface area contributed by atoms with E-state index in [1.54, 1.807) is 4.90 Å². The van der Waals surface area contributed by atoms with Gasteiger partial charge in [-0.3, -0.25) is 9.59 Å². The fourth-order valence-corrected chi connectivity index (χ4v) is 3.01. The lowest BCUT2D eigenvalue weighted by molar-refractivity contribution is -0.143. The number of rotatable bonds is 2. The number of hydrogen-bond donors (Lipinski definition) is 1. The molecule has 1 amide bonds. The van der Waals surface area contributed by atoms with Crippen LogP contribution in [0.15, 0.2) is 18.2 Å². The molecule has 112 valence electrons. The molecule has 1 aromatic carbocycles. The van der Waals surface area contributed by atoms with Crippen LogP contribution in [0.2, 0.25) is 0 Å². The third-order valence-electron chi connectivity index (χ3n) is 4.36. The summed E-state index contributed by atoms with van der Waals surface area (Å²) in [5.74, 6) is -1.06. The highest BCUT2D eigenvalue weighted by atomic mass is 16.5. The fraction of sp³-hybridized carbons (Fsp3) is 0.500. The highest BCUT2D eigenvalue weighted by molar-refractivity contribution is 5.94. The number of piperidine rings is 1. The Morgan fingerprint density at radius 1 is 1.19 bits per heavy atom. The molecule has 3 rings (SSSR count). The van der Waals surface area contributed by atoms with Crippen molar-refractivity contribution in [3.8, 4) is 0 Å². The zero-order valence-corrected chi connectivity index (χ0v) is 11.9. The second kappa shape index (κ2) is 5.85. The SMILES string of the molecule is O=C(O)C1CCN(C(=O)c2ccc3c(c2)CCOC3)CC1. The van der Waals surface area contributed by atoms with Gasteiger partial charge in [0, 0.05) is 18.7 Å². The van der Waals surface area contributed by atoms with Crippen LogP contribution in [0.25, 0.3) is 0 Å². The Hall–Kier alpha value is -1.88. The van der Waals surface area contributed by atoms with E-state index < -0.39 is 5.97 Å². The number of carbonyl (C=O) groups excluding carboxylic acids is 1. The topological polar surface area (TPSA) is 66.8 Å². The van der Waals surface area contributed by atoms with Crippen molar-refractivity contribution in [1.82, 2.24) is 4.90 Å². The average molecular weight is 289 g/mol. The number of likely N-dealkylation sites (tertiary alicyclic amines) is 1. The fourth-order valence-electron chi connectivity index (χ4n) is 3.01. The molecule has 2 aliphatic rings. The number of amides is 1. The van der Waals surface area contributed by atoms with Crippen LogP contribution in [-0.2, 0) is 22.6 Å². The van der Waals surface area contributed by atoms with E-state index in [1.807, 2.05) is 18.2 Å². The van der Waals surface area contributed by atoms with Crippen molar-refractivity contribution in [3.05, 3.63) is 34.9 Å². The molecule has 0 aliphatic carbocycles. The van der Waals surface area contributed by atoms with Gasteiger partial charge in [0.2, 0.25) is 0 Å². The van der Waals surface area contributed by atoms with Gasteiger partial charge in [0.05, 0.1) is 19.1 Å². The molecule has 1 N–H and O–H groups in total. The van der Waals surface area contributed by atoms with Gasteiger partial charge in [-0.05, 0) is 42.5 Å². The first-order valence-electron chi connectivity index (χ1n) is 7.37. The first kappa shape index (κ1) is 14.1. The van der Waals surface area contributed by atoms with Gasteiger partial charge in [-0.15, -0.1) is 0 Å². The van der Waals surface area contributed by atoms with Gasteiger partial charge in [0.25, 0.3) is 5.91 Å². The van der Waals surface area contributed by atoms with Crippen LogP contribution < -0.4 is 0 Å². The summed E-state index contributed by atoms with van der Waals surface area (Å²) in [6.07, 6.45) is 1.93. The summed E-state index contributed by atoms with van der Waals surface area (Å²) < 4.78 is 5.40. The Morgan fingerprint density at radius 2 is 1.95 bits per heavy atom. The van der Waals surface area contributed by atoms with Crippen LogP contribution in [0.4, 0.5) is 0 Å². The predicted molar refractivity (Wildman–Crippen MR) is 76.1 cm³/mol. The summed E-state index contributed by atoms with van der Waals surface area (Å²) in [7, 11) is 0. The molecule has 0 unspecified atom stereocenters. The third-order valence-corrected chi connectivity index (χ3v) is 4.36. The van der Waals surface area contributed by atoms with E-state index in [-0.39, 0.29) is 11.8 Å². The maximum absolute atomic E-state index is 12.5. The van der Waals surface area contributed by atoms with Crippen LogP contribution >= 0.6 is 0 Å². The smallest absolute Gasteiger partial charge is 0.306 e. The number of nitrogens with zero attached hydrogens (tertiary/aromatic N) is 1. The second-order valence-electron chi connectivity index (χ2n) is 5.69. The molecule has 0 bridgehead atoms. The minimum absolute atomic E-state index is 0.00753. The molecule has 0 aromatic heterocycles. The van der Waals surface area contributed by atoms with Gasteiger partial charge < -0.3 is 14.7 Å². The lowest BCUT2D eigenvalue weighted by Gasteiger charge is -2.30. The molecule has 0 spiro atoms. The summed E-state index contributed by atoms with van der Waals surface area (Å²) in [5, 5.41) is 9.00. The molecule has 1 saturated heterocycles. The summed E-state index contributed by atoms with van der Waals surface area (Å²) in [6, 6.07) is 5.77. The second-order valence-corrected chi connectivity index (χ2v) is 5.69. The largest absolute Gasteiger partial charge is 0.481 e. The van der Waals surface area contributed by atoms with E-state index in [4.69, 9.17) is 9.84 Å². The van der Waals surface area contributed by atoms with Crippen LogP contribution in [0, 0.1) is 5.92 Å². The Labute approximate surface area is 123 Å². The Bertz CT molecular complexity index is 561. The highest BCUT2D eigenvalue weighted by Gasteiger charge is 2.27. The number of aliphatic carboxylic acids is 1. The number of carboxylic acid groups (broad SMARTS) is 1. The number of fused-ring (bicyclic) bond motifs is 1. The molecule has 1 aromatic rings. The summed E-state index contributed by atoms with van der Waals surface area (Å²) in [5.41, 5.74) is 3.04. The van der Waals surface area contributed by atoms with Crippen molar-refractivity contribution < 1.29 is 19.4 Å². The van der Waals surface area contributed by atoms with E-state index in [2.05, 4.69) is 0 Å². The van der Waals surface area contributed by atoms with Crippen molar-refractivity contribution in [3.63, 3.8) is 0 Å². The maximum atomic E-state index is 12.5. The molecular formula is C16H19NO4. The number of hydrogen-bond acceptors (Lipinski definition) is 3. The molecule has 0 saturated carbocycles. The number of carboxylic acids is 1. The van der Waals surface area contributed by atoms with E-state index in [1.165, 1.54) is 5.56 Å².